The van der Waals surface area contributed by atoms with Gasteiger partial charge < -0.3 is 29.4 Å². The second-order valence-electron chi connectivity index (χ2n) is 7.48. The van der Waals surface area contributed by atoms with E-state index in [-0.39, 0.29) is 17.9 Å². The third-order valence-electron chi connectivity index (χ3n) is 4.84. The number of carbonyl (C=O) groups excluding carboxylic acids is 1. The molecule has 3 N–H and O–H groups in total. The Morgan fingerprint density at radius 2 is 1.86 bits per heavy atom. The first-order chi connectivity index (χ1) is 16.7. The maximum atomic E-state index is 13.0. The van der Waals surface area contributed by atoms with E-state index >= 15 is 0 Å². The number of halogens is 3. The SMILES string of the molecule is O=C(Nc1cccc(OCC(O)CO)c1)c1cccn2cc(-c3cccc(OC(F)(F)F)c3)nc12. The van der Waals surface area contributed by atoms with Gasteiger partial charge in [0.15, 0.2) is 0 Å². The Hall–Kier alpha value is -4.09. The van der Waals surface area contributed by atoms with Gasteiger partial charge in [0.1, 0.15) is 29.9 Å². The lowest BCUT2D eigenvalue weighted by molar-refractivity contribution is -0.274. The first kappa shape index (κ1) is 24.0. The van der Waals surface area contributed by atoms with Crippen LogP contribution in [0.4, 0.5) is 18.9 Å². The summed E-state index contributed by atoms with van der Waals surface area (Å²) in [5, 5.41) is 21.1. The lowest BCUT2D eigenvalue weighted by Crippen LogP contribution is -2.21. The molecule has 182 valence electrons. The normalized spacial score (nSPS) is 12.4. The summed E-state index contributed by atoms with van der Waals surface area (Å²) >= 11 is 0. The van der Waals surface area contributed by atoms with Crippen LogP contribution in [0, 0.1) is 0 Å². The third-order valence-corrected chi connectivity index (χ3v) is 4.84. The Bertz CT molecular complexity index is 1340. The molecule has 8 nitrogen and oxygen atoms in total. The number of hydrogen-bond acceptors (Lipinski definition) is 6. The highest BCUT2D eigenvalue weighted by Gasteiger charge is 2.31. The van der Waals surface area contributed by atoms with E-state index in [0.29, 0.717) is 28.3 Å². The van der Waals surface area contributed by atoms with E-state index in [1.165, 1.54) is 18.2 Å². The van der Waals surface area contributed by atoms with E-state index in [1.54, 1.807) is 59.3 Å². The molecular formula is C24H20F3N3O5. The molecular weight excluding hydrogens is 467 g/mol. The number of aromatic nitrogens is 2. The molecule has 0 aliphatic heterocycles. The minimum absolute atomic E-state index is 0.112. The van der Waals surface area contributed by atoms with Crippen molar-refractivity contribution in [2.75, 3.05) is 18.5 Å². The first-order valence-electron chi connectivity index (χ1n) is 10.4. The number of carbonyl (C=O) groups is 1. The number of aliphatic hydroxyl groups excluding tert-OH is 2. The highest BCUT2D eigenvalue weighted by Crippen LogP contribution is 2.28. The van der Waals surface area contributed by atoms with Gasteiger partial charge in [0.25, 0.3) is 5.91 Å². The van der Waals surface area contributed by atoms with Crippen molar-refractivity contribution in [2.45, 2.75) is 12.5 Å². The van der Waals surface area contributed by atoms with Gasteiger partial charge in [0.05, 0.1) is 17.9 Å². The summed E-state index contributed by atoms with van der Waals surface area (Å²) in [6.45, 7) is -0.550. The number of nitrogens with one attached hydrogen (secondary N) is 1. The third kappa shape index (κ3) is 6.08. The molecule has 4 rings (SSSR count). The van der Waals surface area contributed by atoms with E-state index in [0.717, 1.165) is 0 Å². The fourth-order valence-electron chi connectivity index (χ4n) is 3.29. The molecule has 1 amide bonds. The molecule has 0 saturated heterocycles. The van der Waals surface area contributed by atoms with Crippen LogP contribution in [-0.2, 0) is 0 Å². The smallest absolute Gasteiger partial charge is 0.491 e. The van der Waals surface area contributed by atoms with Crippen LogP contribution in [0.15, 0.2) is 73.1 Å². The van der Waals surface area contributed by atoms with E-state index in [4.69, 9.17) is 9.84 Å². The zero-order valence-electron chi connectivity index (χ0n) is 18.1. The molecule has 2 heterocycles. The number of rotatable bonds is 8. The van der Waals surface area contributed by atoms with Crippen LogP contribution >= 0.6 is 0 Å². The minimum atomic E-state index is -4.82. The van der Waals surface area contributed by atoms with Gasteiger partial charge in [-0.25, -0.2) is 4.98 Å². The average Bonchev–Trinajstić information content (AvgIpc) is 3.26. The van der Waals surface area contributed by atoms with Gasteiger partial charge in [0, 0.05) is 29.7 Å². The highest BCUT2D eigenvalue weighted by molar-refractivity contribution is 6.08. The maximum Gasteiger partial charge on any atom is 0.573 e. The second kappa shape index (κ2) is 10.0. The number of fused-ring (bicyclic) bond motifs is 1. The number of benzene rings is 2. The minimum Gasteiger partial charge on any atom is -0.491 e. The molecule has 0 aliphatic carbocycles. The van der Waals surface area contributed by atoms with Crippen LogP contribution in [0.25, 0.3) is 16.9 Å². The van der Waals surface area contributed by atoms with Crippen molar-refractivity contribution in [2.24, 2.45) is 0 Å². The molecule has 11 heteroatoms. The molecule has 2 aromatic heterocycles. The molecule has 0 saturated carbocycles. The monoisotopic (exact) mass is 487 g/mol. The quantitative estimate of drug-likeness (QED) is 0.348. The van der Waals surface area contributed by atoms with Crippen LogP contribution < -0.4 is 14.8 Å². The number of imidazole rings is 1. The van der Waals surface area contributed by atoms with Gasteiger partial charge in [-0.1, -0.05) is 18.2 Å². The number of amides is 1. The molecule has 0 aliphatic rings. The van der Waals surface area contributed by atoms with Crippen LogP contribution in [0.1, 0.15) is 10.4 Å². The van der Waals surface area contributed by atoms with E-state index in [9.17, 15) is 23.1 Å². The summed E-state index contributed by atoms with van der Waals surface area (Å²) < 4.78 is 48.7. The highest BCUT2D eigenvalue weighted by atomic mass is 19.4. The van der Waals surface area contributed by atoms with Crippen molar-refractivity contribution in [3.63, 3.8) is 0 Å². The average molecular weight is 487 g/mol. The second-order valence-corrected chi connectivity index (χ2v) is 7.48. The molecule has 35 heavy (non-hydrogen) atoms. The van der Waals surface area contributed by atoms with E-state index in [2.05, 4.69) is 15.0 Å². The number of nitrogens with zero attached hydrogens (tertiary/aromatic N) is 2. The van der Waals surface area contributed by atoms with Gasteiger partial charge >= 0.3 is 6.36 Å². The summed E-state index contributed by atoms with van der Waals surface area (Å²) in [5.74, 6) is -0.453. The maximum absolute atomic E-state index is 13.0. The van der Waals surface area contributed by atoms with Gasteiger partial charge in [-0.05, 0) is 36.4 Å². The van der Waals surface area contributed by atoms with Crippen molar-refractivity contribution in [3.05, 3.63) is 78.6 Å². The van der Waals surface area contributed by atoms with E-state index < -0.39 is 25.0 Å². The van der Waals surface area contributed by atoms with Crippen LogP contribution in [0.3, 0.4) is 0 Å². The lowest BCUT2D eigenvalue weighted by Gasteiger charge is -2.11. The molecule has 4 aromatic rings. The fourth-order valence-corrected chi connectivity index (χ4v) is 3.29. The Morgan fingerprint density at radius 3 is 2.63 bits per heavy atom. The molecule has 2 aromatic carbocycles. The standard InChI is InChI=1S/C24H20F3N3O5/c25-24(26,27)35-19-7-1-4-15(10-19)21-12-30-9-3-8-20(22(30)29-21)23(33)28-16-5-2-6-18(11-16)34-14-17(32)13-31/h1-12,17,31-32H,13-14H2,(H,28,33). The van der Waals surface area contributed by atoms with Gasteiger partial charge in [-0.15, -0.1) is 13.2 Å². The molecule has 1 unspecified atom stereocenters. The molecule has 0 spiro atoms. The van der Waals surface area contributed by atoms with Crippen molar-refractivity contribution in [1.29, 1.82) is 0 Å². The summed E-state index contributed by atoms with van der Waals surface area (Å²) in [6.07, 6.45) is -2.58. The zero-order chi connectivity index (χ0) is 25.0. The number of hydrogen-bond donors (Lipinski definition) is 3. The summed E-state index contributed by atoms with van der Waals surface area (Å²) in [7, 11) is 0. The van der Waals surface area contributed by atoms with Crippen LogP contribution in [0.5, 0.6) is 11.5 Å². The number of pyridine rings is 1. The number of anilines is 1. The summed E-state index contributed by atoms with van der Waals surface area (Å²) in [6, 6.07) is 15.1. The van der Waals surface area contributed by atoms with Crippen molar-refractivity contribution in [3.8, 4) is 22.8 Å². The zero-order valence-corrected chi connectivity index (χ0v) is 18.1. The van der Waals surface area contributed by atoms with Crippen molar-refractivity contribution >= 4 is 17.2 Å². The van der Waals surface area contributed by atoms with Crippen molar-refractivity contribution in [1.82, 2.24) is 9.38 Å². The summed E-state index contributed by atoms with van der Waals surface area (Å²) in [5.41, 5.74) is 1.72. The molecule has 0 radical (unpaired) electrons. The Morgan fingerprint density at radius 1 is 1.09 bits per heavy atom. The fraction of sp³-hybridized carbons (Fsp3) is 0.167. The lowest BCUT2D eigenvalue weighted by atomic mass is 10.1. The Balaban J connectivity index is 1.56. The predicted octanol–water partition coefficient (Wildman–Crippen LogP) is 3.88. The largest absolute Gasteiger partial charge is 0.573 e. The molecule has 0 fully saturated rings. The summed E-state index contributed by atoms with van der Waals surface area (Å²) in [4.78, 5) is 17.4. The number of aliphatic hydroxyl groups is 2. The Kier molecular flexibility index (Phi) is 6.90. The van der Waals surface area contributed by atoms with Crippen molar-refractivity contribution < 1.29 is 37.7 Å². The topological polar surface area (TPSA) is 105 Å². The van der Waals surface area contributed by atoms with E-state index in [1.807, 2.05) is 0 Å². The molecule has 0 bridgehead atoms. The van der Waals surface area contributed by atoms with Gasteiger partial charge in [-0.3, -0.25) is 4.79 Å². The number of ether oxygens (including phenoxy) is 2. The number of alkyl halides is 3. The van der Waals surface area contributed by atoms with Gasteiger partial charge in [-0.2, -0.15) is 0 Å². The van der Waals surface area contributed by atoms with Crippen LogP contribution in [-0.4, -0.2) is 51.2 Å². The van der Waals surface area contributed by atoms with Crippen LogP contribution in [0.2, 0.25) is 0 Å². The first-order valence-corrected chi connectivity index (χ1v) is 10.4. The molecule has 1 atom stereocenters. The predicted molar refractivity (Wildman–Crippen MR) is 120 cm³/mol. The Labute approximate surface area is 197 Å². The van der Waals surface area contributed by atoms with Gasteiger partial charge in [0.2, 0.25) is 0 Å².